The lowest BCUT2D eigenvalue weighted by atomic mass is 10.0. The van der Waals surface area contributed by atoms with Gasteiger partial charge in [0.25, 0.3) is 11.5 Å². The average Bonchev–Trinajstić information content (AvgIpc) is 3.09. The van der Waals surface area contributed by atoms with Crippen LogP contribution in [0.15, 0.2) is 59.4 Å². The highest BCUT2D eigenvalue weighted by Gasteiger charge is 2.21. The van der Waals surface area contributed by atoms with Gasteiger partial charge in [-0.3, -0.25) is 19.5 Å². The molecule has 0 aliphatic rings. The number of H-pyrrole nitrogens is 1. The third kappa shape index (κ3) is 4.85. The molecule has 0 unspecified atom stereocenters. The lowest BCUT2D eigenvalue weighted by Gasteiger charge is -2.17. The van der Waals surface area contributed by atoms with Crippen LogP contribution in [0.4, 0.5) is 0 Å². The van der Waals surface area contributed by atoms with Gasteiger partial charge in [0.2, 0.25) is 0 Å². The number of aromatic nitrogens is 2. The molecule has 0 fully saturated rings. The summed E-state index contributed by atoms with van der Waals surface area (Å²) < 4.78 is 6.29. The Labute approximate surface area is 170 Å². The fraction of sp³-hybridized carbons (Fsp3) is 0.150. The highest BCUT2D eigenvalue weighted by Crippen LogP contribution is 2.21. The molecule has 1 amide bonds. The fourth-order valence-electron chi connectivity index (χ4n) is 2.79. The van der Waals surface area contributed by atoms with Crippen LogP contribution in [0.25, 0.3) is 5.69 Å². The molecular formula is C20H18ClN3O5. The summed E-state index contributed by atoms with van der Waals surface area (Å²) in [6.07, 6.45) is -0.319. The molecule has 0 spiro atoms. The second-order valence-corrected chi connectivity index (χ2v) is 6.65. The molecule has 29 heavy (non-hydrogen) atoms. The minimum atomic E-state index is -1.07. The number of nitrogens with zero attached hydrogens (tertiary/aromatic N) is 1. The van der Waals surface area contributed by atoms with E-state index < -0.39 is 23.5 Å². The summed E-state index contributed by atoms with van der Waals surface area (Å²) in [4.78, 5) is 36.1. The highest BCUT2D eigenvalue weighted by atomic mass is 35.5. The number of amides is 1. The predicted molar refractivity (Wildman–Crippen MR) is 107 cm³/mol. The number of hydrogen-bond acceptors (Lipinski definition) is 4. The van der Waals surface area contributed by atoms with Gasteiger partial charge in [-0.25, -0.2) is 4.68 Å². The Morgan fingerprint density at radius 3 is 2.41 bits per heavy atom. The number of methoxy groups -OCH3 is 1. The van der Waals surface area contributed by atoms with Gasteiger partial charge in [-0.2, -0.15) is 0 Å². The van der Waals surface area contributed by atoms with Gasteiger partial charge in [0, 0.05) is 11.1 Å². The summed E-state index contributed by atoms with van der Waals surface area (Å²) in [5.74, 6) is -1.06. The van der Waals surface area contributed by atoms with Crippen LogP contribution in [-0.2, 0) is 4.79 Å². The fourth-order valence-corrected chi connectivity index (χ4v) is 2.92. The number of aliphatic carboxylic acids is 1. The summed E-state index contributed by atoms with van der Waals surface area (Å²) >= 11 is 5.85. The third-order valence-electron chi connectivity index (χ3n) is 4.25. The Bertz CT molecular complexity index is 1070. The van der Waals surface area contributed by atoms with Gasteiger partial charge in [0.05, 0.1) is 25.3 Å². The van der Waals surface area contributed by atoms with Crippen molar-refractivity contribution in [1.82, 2.24) is 15.1 Å². The topological polar surface area (TPSA) is 113 Å². The number of aromatic amines is 1. The molecule has 8 nitrogen and oxygen atoms in total. The molecule has 0 saturated carbocycles. The van der Waals surface area contributed by atoms with Crippen molar-refractivity contribution in [1.29, 1.82) is 0 Å². The first-order chi connectivity index (χ1) is 13.9. The molecular weight excluding hydrogens is 398 g/mol. The zero-order chi connectivity index (χ0) is 21.0. The Hall–Kier alpha value is -3.52. The second kappa shape index (κ2) is 8.66. The largest absolute Gasteiger partial charge is 0.497 e. The van der Waals surface area contributed by atoms with E-state index in [9.17, 15) is 19.5 Å². The van der Waals surface area contributed by atoms with Crippen LogP contribution in [-0.4, -0.2) is 33.9 Å². The Morgan fingerprint density at radius 1 is 1.17 bits per heavy atom. The standard InChI is InChI=1S/C20H18ClN3O5/c1-29-15-8-2-12(3-9-15)16(11-19(26)27)22-20(28)17-10-18(25)24(23-17)14-6-4-13(21)5-7-14/h2-10,16,23H,11H2,1H3,(H,22,28)(H,26,27)/t16-/m0/s1. The molecule has 0 bridgehead atoms. The zero-order valence-corrected chi connectivity index (χ0v) is 16.1. The van der Waals surface area contributed by atoms with Crippen molar-refractivity contribution in [2.75, 3.05) is 7.11 Å². The van der Waals surface area contributed by atoms with Crippen molar-refractivity contribution in [3.8, 4) is 11.4 Å². The monoisotopic (exact) mass is 415 g/mol. The quantitative estimate of drug-likeness (QED) is 0.549. The Balaban J connectivity index is 1.84. The van der Waals surface area contributed by atoms with Crippen LogP contribution in [0.5, 0.6) is 5.75 Å². The van der Waals surface area contributed by atoms with Gasteiger partial charge < -0.3 is 15.2 Å². The van der Waals surface area contributed by atoms with Crippen LogP contribution < -0.4 is 15.6 Å². The summed E-state index contributed by atoms with van der Waals surface area (Å²) in [5, 5.41) is 15.1. The molecule has 0 aliphatic carbocycles. The number of carbonyl (C=O) groups is 2. The molecule has 9 heteroatoms. The first kappa shape index (κ1) is 20.2. The minimum absolute atomic E-state index is 0.00819. The number of ether oxygens (including phenoxy) is 1. The number of carbonyl (C=O) groups excluding carboxylic acids is 1. The summed E-state index contributed by atoms with van der Waals surface area (Å²) in [6, 6.07) is 13.6. The van der Waals surface area contributed by atoms with Crippen molar-refractivity contribution in [3.63, 3.8) is 0 Å². The smallest absolute Gasteiger partial charge is 0.305 e. The van der Waals surface area contributed by atoms with E-state index in [2.05, 4.69) is 10.4 Å². The molecule has 0 aliphatic heterocycles. The summed E-state index contributed by atoms with van der Waals surface area (Å²) in [5.41, 5.74) is 0.683. The van der Waals surface area contributed by atoms with E-state index in [0.717, 1.165) is 6.07 Å². The van der Waals surface area contributed by atoms with Crippen LogP contribution in [0.1, 0.15) is 28.5 Å². The van der Waals surface area contributed by atoms with Gasteiger partial charge in [-0.05, 0) is 42.0 Å². The van der Waals surface area contributed by atoms with E-state index in [4.69, 9.17) is 16.3 Å². The molecule has 1 heterocycles. The first-order valence-electron chi connectivity index (χ1n) is 8.62. The van der Waals surface area contributed by atoms with Gasteiger partial charge in [-0.1, -0.05) is 23.7 Å². The van der Waals surface area contributed by atoms with Gasteiger partial charge in [0.15, 0.2) is 0 Å². The molecule has 1 aromatic heterocycles. The first-order valence-corrected chi connectivity index (χ1v) is 9.00. The molecule has 3 N–H and O–H groups in total. The van der Waals surface area contributed by atoms with Crippen molar-refractivity contribution >= 4 is 23.5 Å². The van der Waals surface area contributed by atoms with E-state index in [1.807, 2.05) is 0 Å². The number of nitrogens with one attached hydrogen (secondary N) is 2. The van der Waals surface area contributed by atoms with Gasteiger partial charge in [-0.15, -0.1) is 0 Å². The highest BCUT2D eigenvalue weighted by molar-refractivity contribution is 6.30. The van der Waals surface area contributed by atoms with Crippen LogP contribution in [0, 0.1) is 0 Å². The maximum atomic E-state index is 12.7. The number of halogens is 1. The van der Waals surface area contributed by atoms with Crippen molar-refractivity contribution in [2.45, 2.75) is 12.5 Å². The number of benzene rings is 2. The van der Waals surface area contributed by atoms with E-state index in [0.29, 0.717) is 22.0 Å². The number of carboxylic acids is 1. The van der Waals surface area contributed by atoms with Gasteiger partial charge >= 0.3 is 5.97 Å². The molecule has 0 radical (unpaired) electrons. The van der Waals surface area contributed by atoms with Gasteiger partial charge in [0.1, 0.15) is 11.4 Å². The van der Waals surface area contributed by atoms with E-state index in [-0.39, 0.29) is 12.1 Å². The molecule has 3 aromatic rings. The zero-order valence-electron chi connectivity index (χ0n) is 15.4. The third-order valence-corrected chi connectivity index (χ3v) is 4.50. The van der Waals surface area contributed by atoms with Crippen LogP contribution >= 0.6 is 11.6 Å². The minimum Gasteiger partial charge on any atom is -0.497 e. The van der Waals surface area contributed by atoms with E-state index in [1.165, 1.54) is 11.8 Å². The Kier molecular flexibility index (Phi) is 6.04. The van der Waals surface area contributed by atoms with Crippen molar-refractivity contribution in [2.24, 2.45) is 0 Å². The molecule has 3 rings (SSSR count). The molecule has 150 valence electrons. The summed E-state index contributed by atoms with van der Waals surface area (Å²) in [6.45, 7) is 0. The number of hydrogen-bond donors (Lipinski definition) is 3. The SMILES string of the molecule is COc1ccc([C@H](CC(=O)O)NC(=O)c2cc(=O)n(-c3ccc(Cl)cc3)[nH]2)cc1. The maximum Gasteiger partial charge on any atom is 0.305 e. The molecule has 0 saturated heterocycles. The second-order valence-electron chi connectivity index (χ2n) is 6.22. The van der Waals surface area contributed by atoms with Crippen molar-refractivity contribution in [3.05, 3.63) is 81.2 Å². The maximum absolute atomic E-state index is 12.7. The predicted octanol–water partition coefficient (Wildman–Crippen LogP) is 2.77. The molecule has 2 aromatic carbocycles. The van der Waals surface area contributed by atoms with Crippen molar-refractivity contribution < 1.29 is 19.4 Å². The normalized spacial score (nSPS) is 11.7. The summed E-state index contributed by atoms with van der Waals surface area (Å²) in [7, 11) is 1.52. The average molecular weight is 416 g/mol. The number of rotatable bonds is 7. The van der Waals surface area contributed by atoms with Crippen LogP contribution in [0.2, 0.25) is 5.02 Å². The van der Waals surface area contributed by atoms with E-state index in [1.54, 1.807) is 48.5 Å². The van der Waals surface area contributed by atoms with E-state index >= 15 is 0 Å². The number of carboxylic acid groups (broad SMARTS) is 1. The lowest BCUT2D eigenvalue weighted by Crippen LogP contribution is -2.30. The lowest BCUT2D eigenvalue weighted by molar-refractivity contribution is -0.137. The van der Waals surface area contributed by atoms with Crippen LogP contribution in [0.3, 0.4) is 0 Å². The Morgan fingerprint density at radius 2 is 1.83 bits per heavy atom. The molecule has 1 atom stereocenters.